The summed E-state index contributed by atoms with van der Waals surface area (Å²) in [5, 5.41) is 18.5. The van der Waals surface area contributed by atoms with Crippen LogP contribution in [-0.2, 0) is 19.7 Å². The maximum absolute atomic E-state index is 11.6. The first-order valence-electron chi connectivity index (χ1n) is 6.58. The molecule has 0 saturated heterocycles. The van der Waals surface area contributed by atoms with Crippen molar-refractivity contribution in [1.82, 2.24) is 0 Å². The van der Waals surface area contributed by atoms with Crippen LogP contribution in [0.15, 0.2) is 0 Å². The Balaban J connectivity index is 0. The van der Waals surface area contributed by atoms with Gasteiger partial charge < -0.3 is 10.2 Å². The number of unbranched alkanes of at least 4 members (excludes halogenated alkanes) is 2. The Kier molecular flexibility index (Phi) is 10.8. The number of carboxylic acid groups (broad SMARTS) is 2. The molecule has 9 heteroatoms. The van der Waals surface area contributed by atoms with Gasteiger partial charge in [0.15, 0.2) is 0 Å². The summed E-state index contributed by atoms with van der Waals surface area (Å²) in [6, 6.07) is 0. The van der Waals surface area contributed by atoms with Crippen molar-refractivity contribution in [3.8, 4) is 0 Å². The number of hydrogen-bond donors (Lipinski definition) is 3. The van der Waals surface area contributed by atoms with E-state index in [1.165, 1.54) is 0 Å². The first-order valence-corrected chi connectivity index (χ1v) is 8.02. The van der Waals surface area contributed by atoms with Crippen molar-refractivity contribution in [3.05, 3.63) is 0 Å². The molecule has 0 saturated carbocycles. The summed E-state index contributed by atoms with van der Waals surface area (Å²) in [5.74, 6) is -4.99. The van der Waals surface area contributed by atoms with Crippen molar-refractivity contribution in [2.24, 2.45) is 5.92 Å². The molecule has 0 heterocycles. The topological polar surface area (TPSA) is 129 Å². The number of rotatable bonds is 10. The summed E-state index contributed by atoms with van der Waals surface area (Å²) >= 11 is 0. The molecule has 3 N–H and O–H groups in total. The standard InChI is InChI=1S/C12H22O7S.Na.H/c1-3-5-7-9(10(13)14)12(11(15)16,8-6-4-2)20(17,18)19;;/h9H,3-8H2,1-2H3,(H,13,14)(H,15,16)(H,17,18,19);;. The van der Waals surface area contributed by atoms with E-state index < -0.39 is 39.1 Å². The summed E-state index contributed by atoms with van der Waals surface area (Å²) < 4.78 is 29.9. The minimum absolute atomic E-state index is 0. The molecule has 7 nitrogen and oxygen atoms in total. The van der Waals surface area contributed by atoms with Gasteiger partial charge in [0, 0.05) is 0 Å². The number of aliphatic carboxylic acids is 2. The fraction of sp³-hybridized carbons (Fsp3) is 0.833. The van der Waals surface area contributed by atoms with Crippen molar-refractivity contribution in [2.45, 2.75) is 57.1 Å². The van der Waals surface area contributed by atoms with Crippen molar-refractivity contribution < 1.29 is 32.8 Å². The van der Waals surface area contributed by atoms with Gasteiger partial charge in [0.25, 0.3) is 10.1 Å². The second-order valence-corrected chi connectivity index (χ2v) is 6.48. The van der Waals surface area contributed by atoms with E-state index in [9.17, 15) is 32.8 Å². The van der Waals surface area contributed by atoms with Crippen molar-refractivity contribution in [3.63, 3.8) is 0 Å². The van der Waals surface area contributed by atoms with Crippen LogP contribution in [0.25, 0.3) is 0 Å². The second kappa shape index (κ2) is 9.78. The van der Waals surface area contributed by atoms with Crippen molar-refractivity contribution in [2.75, 3.05) is 0 Å². The summed E-state index contributed by atoms with van der Waals surface area (Å²) in [6.07, 6.45) is 1.12. The summed E-state index contributed by atoms with van der Waals surface area (Å²) in [7, 11) is -5.05. The van der Waals surface area contributed by atoms with E-state index in [2.05, 4.69) is 0 Å². The van der Waals surface area contributed by atoms with Gasteiger partial charge in [0.2, 0.25) is 4.75 Å². The van der Waals surface area contributed by atoms with Gasteiger partial charge in [-0.3, -0.25) is 14.1 Å². The predicted octanol–water partition coefficient (Wildman–Crippen LogP) is 1.13. The van der Waals surface area contributed by atoms with Crippen molar-refractivity contribution >= 4 is 51.6 Å². The monoisotopic (exact) mass is 334 g/mol. The average molecular weight is 334 g/mol. The van der Waals surface area contributed by atoms with E-state index in [1.54, 1.807) is 13.8 Å². The third-order valence-corrected chi connectivity index (χ3v) is 5.02. The van der Waals surface area contributed by atoms with Gasteiger partial charge in [0.05, 0.1) is 5.92 Å². The zero-order valence-electron chi connectivity index (χ0n) is 11.7. The van der Waals surface area contributed by atoms with Crippen LogP contribution < -0.4 is 0 Å². The average Bonchev–Trinajstić information content (AvgIpc) is 2.30. The Morgan fingerprint density at radius 2 is 1.57 bits per heavy atom. The minimum atomic E-state index is -5.05. The van der Waals surface area contributed by atoms with Crippen LogP contribution in [0.2, 0.25) is 0 Å². The molecular formula is C12H23NaO7S. The zero-order valence-corrected chi connectivity index (χ0v) is 12.5. The molecule has 0 amide bonds. The van der Waals surface area contributed by atoms with Crippen LogP contribution in [0.1, 0.15) is 52.4 Å². The van der Waals surface area contributed by atoms with Gasteiger partial charge in [-0.1, -0.05) is 39.5 Å². The van der Waals surface area contributed by atoms with Gasteiger partial charge in [-0.15, -0.1) is 0 Å². The van der Waals surface area contributed by atoms with E-state index in [0.717, 1.165) is 0 Å². The number of carboxylic acids is 2. The molecule has 120 valence electrons. The van der Waals surface area contributed by atoms with Gasteiger partial charge in [-0.25, -0.2) is 0 Å². The van der Waals surface area contributed by atoms with Crippen LogP contribution in [0, 0.1) is 5.92 Å². The molecule has 0 aromatic heterocycles. The molecule has 0 bridgehead atoms. The number of carbonyl (C=O) groups is 2. The van der Waals surface area contributed by atoms with E-state index in [0.29, 0.717) is 19.3 Å². The molecule has 21 heavy (non-hydrogen) atoms. The first kappa shape index (κ1) is 23.1. The van der Waals surface area contributed by atoms with Crippen LogP contribution in [0.3, 0.4) is 0 Å². The predicted molar refractivity (Wildman–Crippen MR) is 79.2 cm³/mol. The molecule has 0 radical (unpaired) electrons. The molecule has 0 aliphatic rings. The summed E-state index contributed by atoms with van der Waals surface area (Å²) in [5.41, 5.74) is 0. The Morgan fingerprint density at radius 3 is 1.86 bits per heavy atom. The maximum atomic E-state index is 11.6. The molecule has 0 aromatic rings. The molecule has 0 aliphatic heterocycles. The Morgan fingerprint density at radius 1 is 1.10 bits per heavy atom. The molecule has 2 unspecified atom stereocenters. The fourth-order valence-corrected chi connectivity index (χ4v) is 3.45. The Hall–Kier alpha value is -0.150. The molecular weight excluding hydrogens is 311 g/mol. The molecule has 0 spiro atoms. The van der Waals surface area contributed by atoms with E-state index >= 15 is 0 Å². The summed E-state index contributed by atoms with van der Waals surface area (Å²) in [4.78, 5) is 22.8. The van der Waals surface area contributed by atoms with Gasteiger partial charge in [-0.2, -0.15) is 8.42 Å². The SMILES string of the molecule is CCCCC(C(=O)O)C(CCCC)(C(=O)O)S(=O)(=O)O.[NaH]. The van der Waals surface area contributed by atoms with Crippen LogP contribution in [-0.4, -0.2) is 69.4 Å². The molecule has 0 rings (SSSR count). The second-order valence-electron chi connectivity index (χ2n) is 4.81. The molecule has 0 aliphatic carbocycles. The first-order chi connectivity index (χ1) is 9.15. The Labute approximate surface area is 147 Å². The quantitative estimate of drug-likeness (QED) is 0.403. The zero-order chi connectivity index (χ0) is 16.0. The molecule has 0 aromatic carbocycles. The molecule has 2 atom stereocenters. The normalized spacial score (nSPS) is 15.6. The van der Waals surface area contributed by atoms with E-state index in [1.807, 2.05) is 0 Å². The van der Waals surface area contributed by atoms with Crippen LogP contribution in [0.5, 0.6) is 0 Å². The van der Waals surface area contributed by atoms with Gasteiger partial charge in [0.1, 0.15) is 0 Å². The summed E-state index contributed by atoms with van der Waals surface area (Å²) in [6.45, 7) is 3.50. The third-order valence-electron chi connectivity index (χ3n) is 3.43. The number of hydrogen-bond acceptors (Lipinski definition) is 4. The van der Waals surface area contributed by atoms with Crippen LogP contribution >= 0.6 is 0 Å². The molecule has 0 fully saturated rings. The van der Waals surface area contributed by atoms with E-state index in [4.69, 9.17) is 0 Å². The van der Waals surface area contributed by atoms with Crippen molar-refractivity contribution in [1.29, 1.82) is 0 Å². The third kappa shape index (κ3) is 5.52. The van der Waals surface area contributed by atoms with Gasteiger partial charge in [-0.05, 0) is 12.8 Å². The fourth-order valence-electron chi connectivity index (χ4n) is 2.25. The van der Waals surface area contributed by atoms with Crippen LogP contribution in [0.4, 0.5) is 0 Å². The Bertz CT molecular complexity index is 449. The van der Waals surface area contributed by atoms with E-state index in [-0.39, 0.29) is 42.4 Å². The van der Waals surface area contributed by atoms with Gasteiger partial charge >= 0.3 is 41.5 Å².